The Morgan fingerprint density at radius 3 is 2.42 bits per heavy atom. The first kappa shape index (κ1) is 16.5. The van der Waals surface area contributed by atoms with E-state index in [9.17, 15) is 14.4 Å². The number of carbonyl (C=O) groups is 3. The summed E-state index contributed by atoms with van der Waals surface area (Å²) in [6.45, 7) is -0.283. The molecule has 1 N–H and O–H groups in total. The van der Waals surface area contributed by atoms with E-state index < -0.39 is 5.91 Å². The van der Waals surface area contributed by atoms with Gasteiger partial charge in [0.2, 0.25) is 17.7 Å². The Morgan fingerprint density at radius 2 is 1.88 bits per heavy atom. The first-order valence-corrected chi connectivity index (χ1v) is 8.02. The monoisotopic (exact) mass is 348 g/mol. The van der Waals surface area contributed by atoms with Crippen LogP contribution in [0.5, 0.6) is 5.75 Å². The number of likely N-dealkylation sites (tertiary alicyclic amines) is 1. The topological polar surface area (TPSA) is 75.7 Å². The lowest BCUT2D eigenvalue weighted by Gasteiger charge is -2.15. The van der Waals surface area contributed by atoms with E-state index in [0.717, 1.165) is 4.90 Å². The van der Waals surface area contributed by atoms with Crippen LogP contribution in [0.25, 0.3) is 0 Å². The predicted molar refractivity (Wildman–Crippen MR) is 88.7 cm³/mol. The largest absolute Gasteiger partial charge is 0.495 e. The highest BCUT2D eigenvalue weighted by molar-refractivity contribution is 6.32. The molecule has 7 heteroatoms. The number of halogens is 1. The zero-order valence-electron chi connectivity index (χ0n) is 13.1. The molecule has 1 aromatic rings. The molecule has 0 radical (unpaired) electrons. The molecule has 1 fully saturated rings. The number of allylic oxidation sites excluding steroid dienone is 2. The molecule has 0 bridgehead atoms. The van der Waals surface area contributed by atoms with E-state index in [-0.39, 0.29) is 30.2 Å². The van der Waals surface area contributed by atoms with E-state index in [1.807, 2.05) is 12.2 Å². The Kier molecular flexibility index (Phi) is 4.57. The molecule has 1 saturated heterocycles. The fourth-order valence-corrected chi connectivity index (χ4v) is 3.37. The summed E-state index contributed by atoms with van der Waals surface area (Å²) in [6.07, 6.45) is 4.94. The molecule has 0 aromatic heterocycles. The second kappa shape index (κ2) is 6.65. The van der Waals surface area contributed by atoms with Crippen LogP contribution < -0.4 is 10.1 Å². The summed E-state index contributed by atoms with van der Waals surface area (Å²) >= 11 is 6.01. The van der Waals surface area contributed by atoms with Gasteiger partial charge in [-0.05, 0) is 31.0 Å². The molecule has 2 atom stereocenters. The minimum absolute atomic E-state index is 0.266. The van der Waals surface area contributed by atoms with Gasteiger partial charge in [-0.3, -0.25) is 19.3 Å². The number of fused-ring (bicyclic) bond motifs is 1. The summed E-state index contributed by atoms with van der Waals surface area (Å²) in [7, 11) is 1.50. The molecule has 0 saturated carbocycles. The number of benzene rings is 1. The highest BCUT2D eigenvalue weighted by atomic mass is 35.5. The van der Waals surface area contributed by atoms with Crippen molar-refractivity contribution in [1.29, 1.82) is 0 Å². The van der Waals surface area contributed by atoms with E-state index in [0.29, 0.717) is 29.3 Å². The number of amides is 3. The standard InChI is InChI=1S/C17H17ClN2O4/c1-24-14-7-6-10(8-13(14)18)19-15(21)9-20-16(22)11-4-2-3-5-12(11)17(20)23/h2-3,6-8,11-12H,4-5,9H2,1H3,(H,19,21)/t11-,12-/m0/s1. The van der Waals surface area contributed by atoms with Gasteiger partial charge >= 0.3 is 0 Å². The first-order chi connectivity index (χ1) is 11.5. The lowest BCUT2D eigenvalue weighted by atomic mass is 9.85. The van der Waals surface area contributed by atoms with E-state index >= 15 is 0 Å². The Labute approximate surface area is 144 Å². The maximum atomic E-state index is 12.3. The second-order valence-electron chi connectivity index (χ2n) is 5.82. The summed E-state index contributed by atoms with van der Waals surface area (Å²) in [6, 6.07) is 4.82. The molecule has 24 heavy (non-hydrogen) atoms. The predicted octanol–water partition coefficient (Wildman–Crippen LogP) is 2.24. The lowest BCUT2D eigenvalue weighted by Crippen LogP contribution is -2.38. The van der Waals surface area contributed by atoms with E-state index in [1.165, 1.54) is 7.11 Å². The maximum absolute atomic E-state index is 12.3. The number of imide groups is 1. The first-order valence-electron chi connectivity index (χ1n) is 7.65. The van der Waals surface area contributed by atoms with Crippen LogP contribution in [0.2, 0.25) is 5.02 Å². The summed E-state index contributed by atoms with van der Waals surface area (Å²) in [5, 5.41) is 3.00. The average Bonchev–Trinajstić information content (AvgIpc) is 2.80. The number of rotatable bonds is 4. The van der Waals surface area contributed by atoms with Crippen molar-refractivity contribution in [2.75, 3.05) is 19.0 Å². The Hall–Kier alpha value is -2.34. The summed E-state index contributed by atoms with van der Waals surface area (Å²) in [5.74, 6) is -1.13. The van der Waals surface area contributed by atoms with Crippen molar-refractivity contribution in [3.63, 3.8) is 0 Å². The van der Waals surface area contributed by atoms with Gasteiger partial charge in [0.25, 0.3) is 0 Å². The van der Waals surface area contributed by atoms with Crippen molar-refractivity contribution in [1.82, 2.24) is 4.90 Å². The molecule has 0 spiro atoms. The molecule has 3 rings (SSSR count). The van der Waals surface area contributed by atoms with Crippen LogP contribution in [-0.2, 0) is 14.4 Å². The smallest absolute Gasteiger partial charge is 0.244 e. The molecule has 6 nitrogen and oxygen atoms in total. The van der Waals surface area contributed by atoms with Crippen LogP contribution in [0.4, 0.5) is 5.69 Å². The number of anilines is 1. The Balaban J connectivity index is 1.66. The minimum Gasteiger partial charge on any atom is -0.495 e. The molecule has 1 aliphatic heterocycles. The van der Waals surface area contributed by atoms with Crippen molar-refractivity contribution in [3.8, 4) is 5.75 Å². The van der Waals surface area contributed by atoms with Gasteiger partial charge in [-0.1, -0.05) is 23.8 Å². The molecule has 126 valence electrons. The van der Waals surface area contributed by atoms with E-state index in [4.69, 9.17) is 16.3 Å². The van der Waals surface area contributed by atoms with Gasteiger partial charge in [-0.2, -0.15) is 0 Å². The Bertz CT molecular complexity index is 705. The van der Waals surface area contributed by atoms with Crippen LogP contribution in [0.15, 0.2) is 30.4 Å². The van der Waals surface area contributed by atoms with Crippen LogP contribution in [-0.4, -0.2) is 36.3 Å². The third-order valence-electron chi connectivity index (χ3n) is 4.34. The van der Waals surface area contributed by atoms with Crippen molar-refractivity contribution in [2.45, 2.75) is 12.8 Å². The molecule has 0 unspecified atom stereocenters. The van der Waals surface area contributed by atoms with Crippen molar-refractivity contribution >= 4 is 35.0 Å². The third-order valence-corrected chi connectivity index (χ3v) is 4.63. The highest BCUT2D eigenvalue weighted by Gasteiger charge is 2.47. The normalized spacial score (nSPS) is 22.5. The fraction of sp³-hybridized carbons (Fsp3) is 0.353. The summed E-state index contributed by atoms with van der Waals surface area (Å²) in [4.78, 5) is 37.9. The molecular formula is C17H17ClN2O4. The van der Waals surface area contributed by atoms with Gasteiger partial charge in [0.15, 0.2) is 0 Å². The quantitative estimate of drug-likeness (QED) is 0.668. The van der Waals surface area contributed by atoms with Gasteiger partial charge in [0, 0.05) is 5.69 Å². The number of hydrogen-bond acceptors (Lipinski definition) is 4. The Morgan fingerprint density at radius 1 is 1.25 bits per heavy atom. The number of nitrogens with zero attached hydrogens (tertiary/aromatic N) is 1. The SMILES string of the molecule is COc1ccc(NC(=O)CN2C(=O)[C@H]3CC=CC[C@@H]3C2=O)cc1Cl. The van der Waals surface area contributed by atoms with Crippen molar-refractivity contribution in [2.24, 2.45) is 11.8 Å². The van der Waals surface area contributed by atoms with Gasteiger partial charge < -0.3 is 10.1 Å². The number of hydrogen-bond donors (Lipinski definition) is 1. The molecule has 2 aliphatic rings. The average molecular weight is 349 g/mol. The van der Waals surface area contributed by atoms with Gasteiger partial charge in [-0.15, -0.1) is 0 Å². The number of methoxy groups -OCH3 is 1. The zero-order valence-corrected chi connectivity index (χ0v) is 13.9. The number of nitrogens with one attached hydrogen (secondary N) is 1. The lowest BCUT2D eigenvalue weighted by molar-refractivity contribution is -0.142. The third kappa shape index (κ3) is 3.01. The number of carbonyl (C=O) groups excluding carboxylic acids is 3. The summed E-state index contributed by atoms with van der Waals surface area (Å²) < 4.78 is 5.05. The maximum Gasteiger partial charge on any atom is 0.244 e. The van der Waals surface area contributed by atoms with E-state index in [1.54, 1.807) is 18.2 Å². The van der Waals surface area contributed by atoms with Crippen molar-refractivity contribution in [3.05, 3.63) is 35.4 Å². The minimum atomic E-state index is -0.440. The fourth-order valence-electron chi connectivity index (χ4n) is 3.11. The zero-order chi connectivity index (χ0) is 17.3. The summed E-state index contributed by atoms with van der Waals surface area (Å²) in [5.41, 5.74) is 0.476. The molecular weight excluding hydrogens is 332 g/mol. The van der Waals surface area contributed by atoms with Crippen LogP contribution >= 0.6 is 11.6 Å². The molecule has 1 aliphatic carbocycles. The number of ether oxygens (including phenoxy) is 1. The van der Waals surface area contributed by atoms with Crippen LogP contribution in [0.3, 0.4) is 0 Å². The molecule has 1 aromatic carbocycles. The van der Waals surface area contributed by atoms with Gasteiger partial charge in [0.05, 0.1) is 24.0 Å². The molecule has 1 heterocycles. The van der Waals surface area contributed by atoms with Gasteiger partial charge in [0.1, 0.15) is 12.3 Å². The second-order valence-corrected chi connectivity index (χ2v) is 6.22. The van der Waals surface area contributed by atoms with Crippen LogP contribution in [0, 0.1) is 11.8 Å². The highest BCUT2D eigenvalue weighted by Crippen LogP contribution is 2.35. The molecule has 3 amide bonds. The van der Waals surface area contributed by atoms with E-state index in [2.05, 4.69) is 5.32 Å². The van der Waals surface area contributed by atoms with Crippen LogP contribution in [0.1, 0.15) is 12.8 Å². The van der Waals surface area contributed by atoms with Gasteiger partial charge in [-0.25, -0.2) is 0 Å². The van der Waals surface area contributed by atoms with Crippen molar-refractivity contribution < 1.29 is 19.1 Å².